The normalized spacial score (nSPS) is 17.5. The summed E-state index contributed by atoms with van der Waals surface area (Å²) in [6, 6.07) is 11.2. The van der Waals surface area contributed by atoms with E-state index in [0.717, 1.165) is 61.5 Å². The molecule has 1 aromatic heterocycles. The summed E-state index contributed by atoms with van der Waals surface area (Å²) in [6.45, 7) is 5.16. The number of ether oxygens (including phenoxy) is 1. The SMILES string of the molecule is CCCCCCCCOc1ccc(-c2cnc(-c3ccc(C4CCC(CCC)CC4)c(F)c3F)nc2)cc1. The fourth-order valence-corrected chi connectivity index (χ4v) is 5.65. The van der Waals surface area contributed by atoms with Gasteiger partial charge in [-0.25, -0.2) is 18.7 Å². The molecule has 38 heavy (non-hydrogen) atoms. The fourth-order valence-electron chi connectivity index (χ4n) is 5.65. The number of aromatic nitrogens is 2. The molecule has 0 saturated heterocycles. The van der Waals surface area contributed by atoms with Crippen LogP contribution in [0, 0.1) is 17.6 Å². The molecule has 0 spiro atoms. The summed E-state index contributed by atoms with van der Waals surface area (Å²) in [5.74, 6) is 0.263. The van der Waals surface area contributed by atoms with E-state index in [-0.39, 0.29) is 17.3 Å². The van der Waals surface area contributed by atoms with Crippen LogP contribution in [0.15, 0.2) is 48.8 Å². The van der Waals surface area contributed by atoms with Crippen LogP contribution in [-0.2, 0) is 0 Å². The maximum atomic E-state index is 15.1. The van der Waals surface area contributed by atoms with Gasteiger partial charge in [0.05, 0.1) is 12.2 Å². The lowest BCUT2D eigenvalue weighted by molar-refractivity contribution is 0.303. The molecule has 0 N–H and O–H groups in total. The highest BCUT2D eigenvalue weighted by atomic mass is 19.2. The van der Waals surface area contributed by atoms with E-state index in [0.29, 0.717) is 5.56 Å². The van der Waals surface area contributed by atoms with E-state index < -0.39 is 11.6 Å². The molecule has 0 aliphatic heterocycles. The number of hydrogen-bond acceptors (Lipinski definition) is 3. The molecule has 1 saturated carbocycles. The van der Waals surface area contributed by atoms with Gasteiger partial charge < -0.3 is 4.74 Å². The van der Waals surface area contributed by atoms with Crippen LogP contribution in [0.4, 0.5) is 8.78 Å². The standard InChI is InChI=1S/C33H42F2N2O/c1-3-5-6-7-8-9-21-38-28-17-15-25(16-18-28)27-22-36-33(37-23-27)30-20-19-29(31(34)32(30)35)26-13-11-24(10-4-2)12-14-26/h15-20,22-24,26H,3-14,21H2,1-2H3. The quantitative estimate of drug-likeness (QED) is 0.210. The highest BCUT2D eigenvalue weighted by Crippen LogP contribution is 2.39. The van der Waals surface area contributed by atoms with E-state index in [2.05, 4.69) is 23.8 Å². The second-order valence-electron chi connectivity index (χ2n) is 10.8. The average Bonchev–Trinajstić information content (AvgIpc) is 2.95. The minimum absolute atomic E-state index is 0.0905. The molecule has 3 nitrogen and oxygen atoms in total. The van der Waals surface area contributed by atoms with Crippen LogP contribution in [0.25, 0.3) is 22.5 Å². The largest absolute Gasteiger partial charge is 0.494 e. The molecular formula is C33H42F2N2O. The summed E-state index contributed by atoms with van der Waals surface area (Å²) in [5.41, 5.74) is 2.37. The van der Waals surface area contributed by atoms with Crippen molar-refractivity contribution in [3.05, 3.63) is 66.0 Å². The highest BCUT2D eigenvalue weighted by molar-refractivity contribution is 5.64. The first kappa shape index (κ1) is 28.2. The van der Waals surface area contributed by atoms with E-state index >= 15 is 8.78 Å². The van der Waals surface area contributed by atoms with Gasteiger partial charge in [0.25, 0.3) is 0 Å². The van der Waals surface area contributed by atoms with Gasteiger partial charge in [0, 0.05) is 18.0 Å². The molecule has 2 aromatic carbocycles. The molecule has 0 unspecified atom stereocenters. The molecule has 1 heterocycles. The van der Waals surface area contributed by atoms with Gasteiger partial charge in [0.2, 0.25) is 0 Å². The molecule has 0 bridgehead atoms. The van der Waals surface area contributed by atoms with E-state index in [4.69, 9.17) is 4.74 Å². The molecule has 0 atom stereocenters. The summed E-state index contributed by atoms with van der Waals surface area (Å²) in [5, 5.41) is 0. The van der Waals surface area contributed by atoms with Crippen LogP contribution in [-0.4, -0.2) is 16.6 Å². The molecule has 5 heteroatoms. The lowest BCUT2D eigenvalue weighted by Gasteiger charge is -2.29. The van der Waals surface area contributed by atoms with Gasteiger partial charge in [0.15, 0.2) is 17.5 Å². The zero-order valence-corrected chi connectivity index (χ0v) is 23.0. The Morgan fingerprint density at radius 3 is 2.11 bits per heavy atom. The molecule has 4 rings (SSSR count). The monoisotopic (exact) mass is 520 g/mol. The number of rotatable bonds is 13. The van der Waals surface area contributed by atoms with Crippen LogP contribution in [0.1, 0.15) is 102 Å². The van der Waals surface area contributed by atoms with E-state index in [1.165, 1.54) is 44.9 Å². The Hall–Kier alpha value is -2.82. The second kappa shape index (κ2) is 14.4. The molecule has 0 amide bonds. The molecule has 0 radical (unpaired) electrons. The third kappa shape index (κ3) is 7.39. The number of nitrogens with zero attached hydrogens (tertiary/aromatic N) is 2. The van der Waals surface area contributed by atoms with Crippen molar-refractivity contribution in [1.29, 1.82) is 0 Å². The van der Waals surface area contributed by atoms with E-state index in [1.54, 1.807) is 24.5 Å². The lowest BCUT2D eigenvalue weighted by Crippen LogP contribution is -2.15. The Morgan fingerprint density at radius 1 is 0.737 bits per heavy atom. The fraction of sp³-hybridized carbons (Fsp3) is 0.515. The maximum Gasteiger partial charge on any atom is 0.170 e. The van der Waals surface area contributed by atoms with E-state index in [1.807, 2.05) is 24.3 Å². The number of unbranched alkanes of at least 4 members (excludes halogenated alkanes) is 5. The van der Waals surface area contributed by atoms with Gasteiger partial charge in [-0.15, -0.1) is 0 Å². The van der Waals surface area contributed by atoms with Crippen molar-refractivity contribution in [2.24, 2.45) is 5.92 Å². The predicted molar refractivity (Wildman–Crippen MR) is 151 cm³/mol. The van der Waals surface area contributed by atoms with Crippen molar-refractivity contribution in [3.63, 3.8) is 0 Å². The van der Waals surface area contributed by atoms with Crippen LogP contribution in [0.3, 0.4) is 0 Å². The van der Waals surface area contributed by atoms with Gasteiger partial charge in [0.1, 0.15) is 5.75 Å². The first-order valence-corrected chi connectivity index (χ1v) is 14.6. The van der Waals surface area contributed by atoms with Crippen molar-refractivity contribution in [2.45, 2.75) is 96.8 Å². The zero-order chi connectivity index (χ0) is 26.7. The van der Waals surface area contributed by atoms with E-state index in [9.17, 15) is 0 Å². The third-order valence-electron chi connectivity index (χ3n) is 7.94. The van der Waals surface area contributed by atoms with Gasteiger partial charge in [-0.1, -0.05) is 77.0 Å². The van der Waals surface area contributed by atoms with Gasteiger partial charge in [-0.05, 0) is 73.3 Å². The Balaban J connectivity index is 1.34. The zero-order valence-electron chi connectivity index (χ0n) is 23.0. The van der Waals surface area contributed by atoms with Crippen molar-refractivity contribution < 1.29 is 13.5 Å². The van der Waals surface area contributed by atoms with Crippen LogP contribution in [0.2, 0.25) is 0 Å². The van der Waals surface area contributed by atoms with Crippen molar-refractivity contribution >= 4 is 0 Å². The summed E-state index contributed by atoms with van der Waals surface area (Å²) in [7, 11) is 0. The predicted octanol–water partition coefficient (Wildman–Crippen LogP) is 9.90. The molecule has 1 fully saturated rings. The Bertz CT molecular complexity index is 1120. The van der Waals surface area contributed by atoms with Gasteiger partial charge in [-0.3, -0.25) is 0 Å². The maximum absolute atomic E-state index is 15.1. The Morgan fingerprint density at radius 2 is 1.42 bits per heavy atom. The number of halogens is 2. The smallest absolute Gasteiger partial charge is 0.170 e. The van der Waals surface area contributed by atoms with Crippen molar-refractivity contribution in [2.75, 3.05) is 6.61 Å². The highest BCUT2D eigenvalue weighted by Gasteiger charge is 2.26. The Labute approximate surface area is 227 Å². The minimum atomic E-state index is -0.849. The second-order valence-corrected chi connectivity index (χ2v) is 10.8. The van der Waals surface area contributed by atoms with Gasteiger partial charge >= 0.3 is 0 Å². The minimum Gasteiger partial charge on any atom is -0.494 e. The van der Waals surface area contributed by atoms with Gasteiger partial charge in [-0.2, -0.15) is 0 Å². The third-order valence-corrected chi connectivity index (χ3v) is 7.94. The van der Waals surface area contributed by atoms with Crippen LogP contribution >= 0.6 is 0 Å². The summed E-state index contributed by atoms with van der Waals surface area (Å²) < 4.78 is 36.1. The summed E-state index contributed by atoms with van der Waals surface area (Å²) in [4.78, 5) is 8.73. The summed E-state index contributed by atoms with van der Waals surface area (Å²) >= 11 is 0. The molecular weight excluding hydrogens is 478 g/mol. The number of hydrogen-bond donors (Lipinski definition) is 0. The molecule has 1 aliphatic rings. The first-order chi connectivity index (χ1) is 18.6. The molecule has 204 valence electrons. The van der Waals surface area contributed by atoms with Crippen molar-refractivity contribution in [3.8, 4) is 28.3 Å². The van der Waals surface area contributed by atoms with Crippen LogP contribution < -0.4 is 4.74 Å². The van der Waals surface area contributed by atoms with Crippen molar-refractivity contribution in [1.82, 2.24) is 9.97 Å². The topological polar surface area (TPSA) is 35.0 Å². The molecule has 1 aliphatic carbocycles. The lowest BCUT2D eigenvalue weighted by atomic mass is 9.77. The first-order valence-electron chi connectivity index (χ1n) is 14.6. The summed E-state index contributed by atoms with van der Waals surface area (Å²) in [6.07, 6.45) is 17.2. The van der Waals surface area contributed by atoms with Crippen LogP contribution in [0.5, 0.6) is 5.75 Å². The number of benzene rings is 2. The Kier molecular flexibility index (Phi) is 10.7. The average molecular weight is 521 g/mol. The molecule has 3 aromatic rings.